The van der Waals surface area contributed by atoms with Crippen molar-refractivity contribution in [2.45, 2.75) is 13.0 Å². The molecule has 1 aliphatic carbocycles. The van der Waals surface area contributed by atoms with E-state index in [1.807, 2.05) is 19.1 Å². The molecule has 1 saturated heterocycles. The highest BCUT2D eigenvalue weighted by molar-refractivity contribution is 5.99. The number of phenolic OH excluding ortho intramolecular Hbond substituents is 1. The normalized spacial score (nSPS) is 16.8. The number of ether oxygens (including phenoxy) is 1. The van der Waals surface area contributed by atoms with Gasteiger partial charge in [0.2, 0.25) is 0 Å². The molecule has 5 heteroatoms. The van der Waals surface area contributed by atoms with Gasteiger partial charge in [-0.2, -0.15) is 5.10 Å². The molecule has 2 N–H and O–H groups in total. The van der Waals surface area contributed by atoms with Crippen LogP contribution in [-0.2, 0) is 0 Å². The summed E-state index contributed by atoms with van der Waals surface area (Å²) in [6, 6.07) is 23.5. The minimum atomic E-state index is 0.147. The van der Waals surface area contributed by atoms with Crippen LogP contribution in [0.15, 0.2) is 71.8 Å². The Morgan fingerprint density at radius 2 is 1.58 bits per heavy atom. The van der Waals surface area contributed by atoms with Gasteiger partial charge in [-0.05, 0) is 36.2 Å². The fraction of sp³-hybridized carbons (Fsp3) is 0.269. The van der Waals surface area contributed by atoms with Crippen molar-refractivity contribution >= 4 is 5.71 Å². The van der Waals surface area contributed by atoms with Gasteiger partial charge in [-0.1, -0.05) is 48.5 Å². The number of fused-ring (bicyclic) bond motifs is 3. The summed E-state index contributed by atoms with van der Waals surface area (Å²) in [7, 11) is 1.56. The number of hydrogen-bond acceptors (Lipinski definition) is 4. The van der Waals surface area contributed by atoms with Gasteiger partial charge in [-0.3, -0.25) is 5.01 Å². The number of methoxy groups -OCH3 is 1. The molecule has 1 aliphatic heterocycles. The summed E-state index contributed by atoms with van der Waals surface area (Å²) in [5, 5.41) is 16.9. The molecule has 0 bridgehead atoms. The first-order valence-corrected chi connectivity index (χ1v) is 10.9. The van der Waals surface area contributed by atoms with Crippen LogP contribution >= 0.6 is 0 Å². The van der Waals surface area contributed by atoms with Gasteiger partial charge in [-0.25, -0.2) is 0 Å². The van der Waals surface area contributed by atoms with Crippen LogP contribution in [0.5, 0.6) is 11.5 Å². The monoisotopic (exact) mass is 414 g/mol. The average Bonchev–Trinajstić information content (AvgIpc) is 3.14. The Kier molecular flexibility index (Phi) is 5.12. The summed E-state index contributed by atoms with van der Waals surface area (Å²) in [5.74, 6) is 0.619. The van der Waals surface area contributed by atoms with Crippen LogP contribution in [-0.4, -0.2) is 49.1 Å². The summed E-state index contributed by atoms with van der Waals surface area (Å²) in [6.45, 7) is 5.94. The molecule has 1 fully saturated rings. The third-order valence-electron chi connectivity index (χ3n) is 6.51. The van der Waals surface area contributed by atoms with Crippen LogP contribution in [0.2, 0.25) is 0 Å². The maximum atomic E-state index is 9.83. The van der Waals surface area contributed by atoms with Crippen LogP contribution in [0.3, 0.4) is 0 Å². The molecule has 0 saturated carbocycles. The van der Waals surface area contributed by atoms with Crippen molar-refractivity contribution in [3.05, 3.63) is 83.4 Å². The zero-order valence-corrected chi connectivity index (χ0v) is 18.0. The first-order valence-electron chi connectivity index (χ1n) is 10.9. The van der Waals surface area contributed by atoms with Gasteiger partial charge < -0.3 is 14.7 Å². The van der Waals surface area contributed by atoms with E-state index in [9.17, 15) is 5.11 Å². The Morgan fingerprint density at radius 3 is 2.19 bits per heavy atom. The maximum Gasteiger partial charge on any atom is 0.161 e. The zero-order chi connectivity index (χ0) is 21.4. The molecule has 5 rings (SSSR count). The topological polar surface area (TPSA) is 49.5 Å². The molecular weight excluding hydrogens is 386 g/mol. The van der Waals surface area contributed by atoms with E-state index >= 15 is 0 Å². The second-order valence-corrected chi connectivity index (χ2v) is 8.29. The Morgan fingerprint density at radius 1 is 0.968 bits per heavy atom. The lowest BCUT2D eigenvalue weighted by atomic mass is 10.0. The van der Waals surface area contributed by atoms with Crippen molar-refractivity contribution in [3.8, 4) is 22.6 Å². The van der Waals surface area contributed by atoms with Crippen LogP contribution in [0.4, 0.5) is 0 Å². The molecule has 5 nitrogen and oxygen atoms in total. The molecule has 0 amide bonds. The third-order valence-corrected chi connectivity index (χ3v) is 6.51. The number of piperazine rings is 1. The highest BCUT2D eigenvalue weighted by Crippen LogP contribution is 2.41. The molecule has 0 atom stereocenters. The standard InChI is InChI=1S/C26H27N3O2/c1-18(19-11-12-24(30)25(17-19)31-2)27-29-15-13-28(14-16-29)26-22-9-5-3-7-20(22)21-8-4-6-10-23(21)26/h3-12,17,26,30H,13-16H2,1-2H3/p+1/b27-18+. The lowest BCUT2D eigenvalue weighted by molar-refractivity contribution is -0.929. The molecule has 3 aromatic rings. The molecule has 3 aromatic carbocycles. The van der Waals surface area contributed by atoms with Gasteiger partial charge >= 0.3 is 0 Å². The lowest BCUT2D eigenvalue weighted by Crippen LogP contribution is -3.14. The molecule has 0 spiro atoms. The van der Waals surface area contributed by atoms with Crippen molar-refractivity contribution in [2.75, 3.05) is 33.3 Å². The molecule has 31 heavy (non-hydrogen) atoms. The number of quaternary nitrogens is 1. The predicted molar refractivity (Wildman–Crippen MR) is 123 cm³/mol. The highest BCUT2D eigenvalue weighted by atomic mass is 16.5. The molecule has 0 unspecified atom stereocenters. The first kappa shape index (κ1) is 19.6. The summed E-state index contributed by atoms with van der Waals surface area (Å²) >= 11 is 0. The maximum absolute atomic E-state index is 9.83. The number of benzene rings is 3. The van der Waals surface area contributed by atoms with Crippen molar-refractivity contribution in [2.24, 2.45) is 5.10 Å². The second-order valence-electron chi connectivity index (χ2n) is 8.29. The summed E-state index contributed by atoms with van der Waals surface area (Å²) in [5.41, 5.74) is 7.55. The molecule has 2 aliphatic rings. The van der Waals surface area contributed by atoms with Crippen LogP contribution in [0.25, 0.3) is 11.1 Å². The Labute approximate surface area is 183 Å². The van der Waals surface area contributed by atoms with Crippen LogP contribution in [0, 0.1) is 0 Å². The molecule has 0 radical (unpaired) electrons. The Hall–Kier alpha value is -3.31. The van der Waals surface area contributed by atoms with E-state index in [0.717, 1.165) is 37.5 Å². The number of phenols is 1. The number of hydrogen-bond donors (Lipinski definition) is 2. The average molecular weight is 415 g/mol. The van der Waals surface area contributed by atoms with Crippen molar-refractivity contribution in [1.29, 1.82) is 0 Å². The van der Waals surface area contributed by atoms with E-state index in [-0.39, 0.29) is 5.75 Å². The van der Waals surface area contributed by atoms with Crippen LogP contribution < -0.4 is 9.64 Å². The fourth-order valence-electron chi connectivity index (χ4n) is 4.94. The number of rotatable bonds is 4. The molecular formula is C26H28N3O2+. The molecule has 158 valence electrons. The van der Waals surface area contributed by atoms with Crippen molar-refractivity contribution in [3.63, 3.8) is 0 Å². The Bertz CT molecular complexity index is 1090. The number of nitrogens with zero attached hydrogens (tertiary/aromatic N) is 2. The van der Waals surface area contributed by atoms with E-state index in [1.54, 1.807) is 18.1 Å². The lowest BCUT2D eigenvalue weighted by Gasteiger charge is -2.35. The van der Waals surface area contributed by atoms with Gasteiger partial charge in [0, 0.05) is 16.7 Å². The molecule has 0 aromatic heterocycles. The van der Waals surface area contributed by atoms with Crippen molar-refractivity contribution < 1.29 is 14.7 Å². The number of aromatic hydroxyl groups is 1. The first-order chi connectivity index (χ1) is 15.2. The quantitative estimate of drug-likeness (QED) is 0.645. The third kappa shape index (κ3) is 3.55. The fourth-order valence-corrected chi connectivity index (χ4v) is 4.94. The van der Waals surface area contributed by atoms with Gasteiger partial charge in [0.1, 0.15) is 6.04 Å². The number of nitrogens with one attached hydrogen (secondary N) is 1. The summed E-state index contributed by atoms with van der Waals surface area (Å²) in [6.07, 6.45) is 0. The van der Waals surface area contributed by atoms with E-state index in [1.165, 1.54) is 22.3 Å². The van der Waals surface area contributed by atoms with Gasteiger partial charge in [0.15, 0.2) is 11.5 Å². The predicted octanol–water partition coefficient (Wildman–Crippen LogP) is 3.10. The Balaban J connectivity index is 1.33. The number of hydrazone groups is 1. The van der Waals surface area contributed by atoms with E-state index in [2.05, 4.69) is 53.5 Å². The minimum Gasteiger partial charge on any atom is -0.504 e. The smallest absolute Gasteiger partial charge is 0.161 e. The zero-order valence-electron chi connectivity index (χ0n) is 18.0. The second kappa shape index (κ2) is 8.08. The minimum absolute atomic E-state index is 0.147. The van der Waals surface area contributed by atoms with Gasteiger partial charge in [-0.15, -0.1) is 0 Å². The van der Waals surface area contributed by atoms with E-state index in [0.29, 0.717) is 11.8 Å². The van der Waals surface area contributed by atoms with Gasteiger partial charge in [0.05, 0.1) is 39.0 Å². The SMILES string of the molecule is COc1cc(/C(C)=N/N2CC[NH+](C3c4ccccc4-c4ccccc43)CC2)ccc1O. The highest BCUT2D eigenvalue weighted by Gasteiger charge is 2.37. The van der Waals surface area contributed by atoms with Crippen molar-refractivity contribution in [1.82, 2.24) is 5.01 Å². The summed E-state index contributed by atoms with van der Waals surface area (Å²) < 4.78 is 5.23. The summed E-state index contributed by atoms with van der Waals surface area (Å²) in [4.78, 5) is 1.60. The largest absolute Gasteiger partial charge is 0.504 e. The van der Waals surface area contributed by atoms with Crippen LogP contribution in [0.1, 0.15) is 29.7 Å². The van der Waals surface area contributed by atoms with E-state index in [4.69, 9.17) is 9.84 Å². The molecule has 1 heterocycles. The van der Waals surface area contributed by atoms with Gasteiger partial charge in [0.25, 0.3) is 0 Å². The van der Waals surface area contributed by atoms with E-state index < -0.39 is 0 Å².